The van der Waals surface area contributed by atoms with E-state index in [0.717, 1.165) is 0 Å². The standard InChI is InChI=1S/C18H22N2O6/c1-11(2)18(17(23)24)5-6-20(9-18)15(21)8-19-16(22)12-3-4-13-14(7-12)26-10-25-13/h3-4,7,11H,5-6,8-10H2,1-2H3,(H,19,22)(H,23,24). The number of nitrogens with one attached hydrogen (secondary N) is 1. The molecule has 26 heavy (non-hydrogen) atoms. The summed E-state index contributed by atoms with van der Waals surface area (Å²) in [5.41, 5.74) is -0.553. The van der Waals surface area contributed by atoms with Crippen LogP contribution in [0.2, 0.25) is 0 Å². The van der Waals surface area contributed by atoms with E-state index in [9.17, 15) is 19.5 Å². The summed E-state index contributed by atoms with van der Waals surface area (Å²) in [4.78, 5) is 37.8. The minimum Gasteiger partial charge on any atom is -0.481 e. The van der Waals surface area contributed by atoms with Crippen LogP contribution < -0.4 is 14.8 Å². The number of carbonyl (C=O) groups is 3. The van der Waals surface area contributed by atoms with E-state index in [2.05, 4.69) is 5.32 Å². The maximum absolute atomic E-state index is 12.4. The van der Waals surface area contributed by atoms with Gasteiger partial charge < -0.3 is 24.8 Å². The van der Waals surface area contributed by atoms with Crippen molar-refractivity contribution in [2.75, 3.05) is 26.4 Å². The molecule has 140 valence electrons. The number of carboxylic acid groups (broad SMARTS) is 1. The summed E-state index contributed by atoms with van der Waals surface area (Å²) in [7, 11) is 0. The summed E-state index contributed by atoms with van der Waals surface area (Å²) in [6, 6.07) is 4.80. The maximum Gasteiger partial charge on any atom is 0.311 e. The summed E-state index contributed by atoms with van der Waals surface area (Å²) in [6.07, 6.45) is 0.418. The highest BCUT2D eigenvalue weighted by Crippen LogP contribution is 2.38. The second-order valence-electron chi connectivity index (χ2n) is 6.93. The Morgan fingerprint density at radius 3 is 2.65 bits per heavy atom. The molecule has 2 aliphatic heterocycles. The highest BCUT2D eigenvalue weighted by molar-refractivity contribution is 5.97. The van der Waals surface area contributed by atoms with E-state index in [1.807, 2.05) is 13.8 Å². The van der Waals surface area contributed by atoms with Crippen molar-refractivity contribution in [1.82, 2.24) is 10.2 Å². The summed E-state index contributed by atoms with van der Waals surface area (Å²) < 4.78 is 10.4. The van der Waals surface area contributed by atoms with Gasteiger partial charge in [-0.25, -0.2) is 0 Å². The molecule has 2 heterocycles. The van der Waals surface area contributed by atoms with Crippen LogP contribution in [-0.2, 0) is 9.59 Å². The number of ether oxygens (including phenoxy) is 2. The number of rotatable bonds is 5. The van der Waals surface area contributed by atoms with Gasteiger partial charge in [0.2, 0.25) is 12.7 Å². The van der Waals surface area contributed by atoms with Crippen LogP contribution in [0, 0.1) is 11.3 Å². The van der Waals surface area contributed by atoms with Crippen molar-refractivity contribution in [3.63, 3.8) is 0 Å². The largest absolute Gasteiger partial charge is 0.481 e. The Morgan fingerprint density at radius 1 is 1.27 bits per heavy atom. The predicted molar refractivity (Wildman–Crippen MR) is 91.0 cm³/mol. The number of hydrogen-bond acceptors (Lipinski definition) is 5. The molecule has 1 atom stereocenters. The first-order valence-corrected chi connectivity index (χ1v) is 8.52. The van der Waals surface area contributed by atoms with E-state index in [0.29, 0.717) is 30.0 Å². The molecule has 0 radical (unpaired) electrons. The molecule has 2 aliphatic rings. The molecule has 8 heteroatoms. The molecule has 0 bridgehead atoms. The average molecular weight is 362 g/mol. The first-order valence-electron chi connectivity index (χ1n) is 8.52. The zero-order valence-electron chi connectivity index (χ0n) is 14.8. The molecule has 2 amide bonds. The lowest BCUT2D eigenvalue weighted by molar-refractivity contribution is -0.151. The van der Waals surface area contributed by atoms with Crippen molar-refractivity contribution < 1.29 is 29.0 Å². The fraction of sp³-hybridized carbons (Fsp3) is 0.500. The zero-order chi connectivity index (χ0) is 18.9. The lowest BCUT2D eigenvalue weighted by atomic mass is 9.76. The van der Waals surface area contributed by atoms with Gasteiger partial charge in [-0.3, -0.25) is 14.4 Å². The number of hydrogen-bond donors (Lipinski definition) is 2. The Balaban J connectivity index is 1.57. The number of fused-ring (bicyclic) bond motifs is 1. The predicted octanol–water partition coefficient (Wildman–Crippen LogP) is 1.10. The van der Waals surface area contributed by atoms with Crippen molar-refractivity contribution in [3.8, 4) is 11.5 Å². The molecule has 0 aromatic heterocycles. The van der Waals surface area contributed by atoms with E-state index < -0.39 is 17.3 Å². The Morgan fingerprint density at radius 2 is 2.00 bits per heavy atom. The molecule has 0 spiro atoms. The fourth-order valence-electron chi connectivity index (χ4n) is 3.35. The molecule has 8 nitrogen and oxygen atoms in total. The van der Waals surface area contributed by atoms with Crippen LogP contribution in [0.5, 0.6) is 11.5 Å². The molecule has 1 saturated heterocycles. The Kier molecular flexibility index (Phi) is 4.76. The average Bonchev–Trinajstić information content (AvgIpc) is 3.26. The Bertz CT molecular complexity index is 747. The molecule has 1 unspecified atom stereocenters. The van der Waals surface area contributed by atoms with Gasteiger partial charge >= 0.3 is 5.97 Å². The highest BCUT2D eigenvalue weighted by atomic mass is 16.7. The van der Waals surface area contributed by atoms with Gasteiger partial charge in [0, 0.05) is 18.7 Å². The van der Waals surface area contributed by atoms with Crippen LogP contribution in [0.15, 0.2) is 18.2 Å². The molecule has 0 aliphatic carbocycles. The monoisotopic (exact) mass is 362 g/mol. The third-order valence-corrected chi connectivity index (χ3v) is 5.22. The van der Waals surface area contributed by atoms with Crippen LogP contribution >= 0.6 is 0 Å². The lowest BCUT2D eigenvalue weighted by Gasteiger charge is -2.28. The van der Waals surface area contributed by atoms with E-state index in [-0.39, 0.29) is 31.7 Å². The number of carboxylic acids is 1. The zero-order valence-corrected chi connectivity index (χ0v) is 14.8. The summed E-state index contributed by atoms with van der Waals surface area (Å²) in [5.74, 6) is -0.583. The van der Waals surface area contributed by atoms with Crippen molar-refractivity contribution in [1.29, 1.82) is 0 Å². The Labute approximate surface area is 151 Å². The van der Waals surface area contributed by atoms with E-state index in [4.69, 9.17) is 9.47 Å². The summed E-state index contributed by atoms with van der Waals surface area (Å²) >= 11 is 0. The number of amides is 2. The Hall–Kier alpha value is -2.77. The van der Waals surface area contributed by atoms with Gasteiger partial charge in [0.1, 0.15) is 0 Å². The minimum absolute atomic E-state index is 0.0824. The number of carbonyl (C=O) groups excluding carboxylic acids is 2. The molecule has 3 rings (SSSR count). The van der Waals surface area contributed by atoms with Crippen molar-refractivity contribution in [2.45, 2.75) is 20.3 Å². The first-order chi connectivity index (χ1) is 12.3. The van der Waals surface area contributed by atoms with Gasteiger partial charge in [-0.05, 0) is 30.5 Å². The van der Waals surface area contributed by atoms with Gasteiger partial charge in [-0.1, -0.05) is 13.8 Å². The quantitative estimate of drug-likeness (QED) is 0.813. The molecule has 0 saturated carbocycles. The topological polar surface area (TPSA) is 105 Å². The summed E-state index contributed by atoms with van der Waals surface area (Å²) in [6.45, 7) is 4.19. The lowest BCUT2D eigenvalue weighted by Crippen LogP contribution is -2.43. The molecular formula is C18H22N2O6. The maximum atomic E-state index is 12.4. The molecule has 1 aromatic rings. The van der Waals surface area contributed by atoms with Crippen LogP contribution in [-0.4, -0.2) is 54.2 Å². The number of likely N-dealkylation sites (tertiary alicyclic amines) is 1. The van der Waals surface area contributed by atoms with Crippen LogP contribution in [0.4, 0.5) is 0 Å². The number of benzene rings is 1. The number of nitrogens with zero attached hydrogens (tertiary/aromatic N) is 1. The van der Waals surface area contributed by atoms with Crippen LogP contribution in [0.3, 0.4) is 0 Å². The molecule has 2 N–H and O–H groups in total. The van der Waals surface area contributed by atoms with Crippen molar-refractivity contribution in [2.24, 2.45) is 11.3 Å². The van der Waals surface area contributed by atoms with Crippen LogP contribution in [0.25, 0.3) is 0 Å². The third-order valence-electron chi connectivity index (χ3n) is 5.22. The fourth-order valence-corrected chi connectivity index (χ4v) is 3.35. The van der Waals surface area contributed by atoms with E-state index in [1.165, 1.54) is 4.90 Å². The van der Waals surface area contributed by atoms with E-state index in [1.54, 1.807) is 18.2 Å². The minimum atomic E-state index is -0.920. The van der Waals surface area contributed by atoms with Gasteiger partial charge in [0.15, 0.2) is 11.5 Å². The normalized spacial score (nSPS) is 21.1. The van der Waals surface area contributed by atoms with Gasteiger partial charge in [-0.2, -0.15) is 0 Å². The number of aliphatic carboxylic acids is 1. The summed E-state index contributed by atoms with van der Waals surface area (Å²) in [5, 5.41) is 12.1. The smallest absolute Gasteiger partial charge is 0.311 e. The molecule has 1 aromatic carbocycles. The van der Waals surface area contributed by atoms with Crippen molar-refractivity contribution >= 4 is 17.8 Å². The molecule has 1 fully saturated rings. The first kappa shape index (κ1) is 18.0. The highest BCUT2D eigenvalue weighted by Gasteiger charge is 2.48. The second kappa shape index (κ2) is 6.86. The second-order valence-corrected chi connectivity index (χ2v) is 6.93. The van der Waals surface area contributed by atoms with Gasteiger partial charge in [0.05, 0.1) is 12.0 Å². The van der Waals surface area contributed by atoms with Crippen LogP contribution in [0.1, 0.15) is 30.6 Å². The van der Waals surface area contributed by atoms with Gasteiger partial charge in [-0.15, -0.1) is 0 Å². The molecular weight excluding hydrogens is 340 g/mol. The van der Waals surface area contributed by atoms with Gasteiger partial charge in [0.25, 0.3) is 5.91 Å². The third kappa shape index (κ3) is 3.18. The van der Waals surface area contributed by atoms with Crippen molar-refractivity contribution in [3.05, 3.63) is 23.8 Å². The van der Waals surface area contributed by atoms with E-state index >= 15 is 0 Å². The SMILES string of the molecule is CC(C)C1(C(=O)O)CCN(C(=O)CNC(=O)c2ccc3c(c2)OCO3)C1.